The third-order valence-corrected chi connectivity index (χ3v) is 5.05. The summed E-state index contributed by atoms with van der Waals surface area (Å²) < 4.78 is 28.5. The van der Waals surface area contributed by atoms with Gasteiger partial charge in [0.1, 0.15) is 5.75 Å². The van der Waals surface area contributed by atoms with Gasteiger partial charge in [-0.05, 0) is 45.4 Å². The Morgan fingerprint density at radius 3 is 1.96 bits per heavy atom. The molecule has 6 heteroatoms. The monoisotopic (exact) mass is 341 g/mol. The number of amides is 1. The molecule has 0 aromatic heterocycles. The van der Waals surface area contributed by atoms with Crippen LogP contribution in [0.4, 0.5) is 0 Å². The van der Waals surface area contributed by atoms with Crippen LogP contribution >= 0.6 is 0 Å². The Bertz CT molecular complexity index is 618. The Morgan fingerprint density at radius 2 is 1.57 bits per heavy atom. The zero-order valence-electron chi connectivity index (χ0n) is 14.7. The SMILES string of the molecule is CC(C)C(=O)N(Cc1ccc(OS(=O)(=O)C(C)C)cc1)C(C)C. The van der Waals surface area contributed by atoms with Crippen LogP contribution in [0.2, 0.25) is 0 Å². The first-order chi connectivity index (χ1) is 10.5. The summed E-state index contributed by atoms with van der Waals surface area (Å²) in [4.78, 5) is 14.1. The minimum atomic E-state index is -3.59. The standard InChI is InChI=1S/C17H27NO4S/c1-12(2)17(19)18(13(3)4)11-15-7-9-16(10-8-15)22-23(20,21)14(5)6/h7-10,12-14H,11H2,1-6H3. The average Bonchev–Trinajstić information content (AvgIpc) is 2.44. The van der Waals surface area contributed by atoms with Crippen LogP contribution in [0.1, 0.15) is 47.1 Å². The highest BCUT2D eigenvalue weighted by Crippen LogP contribution is 2.19. The maximum absolute atomic E-state index is 12.2. The van der Waals surface area contributed by atoms with Crippen molar-refractivity contribution in [3.8, 4) is 5.75 Å². The van der Waals surface area contributed by atoms with E-state index >= 15 is 0 Å². The van der Waals surface area contributed by atoms with Crippen molar-refractivity contribution in [2.24, 2.45) is 5.92 Å². The summed E-state index contributed by atoms with van der Waals surface area (Å²) in [7, 11) is -3.59. The molecule has 0 radical (unpaired) electrons. The molecule has 5 nitrogen and oxygen atoms in total. The van der Waals surface area contributed by atoms with Gasteiger partial charge in [0.05, 0.1) is 5.25 Å². The Kier molecular flexibility index (Phi) is 6.62. The van der Waals surface area contributed by atoms with Crippen LogP contribution in [0, 0.1) is 5.92 Å². The molecule has 0 bridgehead atoms. The van der Waals surface area contributed by atoms with E-state index in [1.165, 1.54) is 0 Å². The molecule has 0 spiro atoms. The van der Waals surface area contributed by atoms with Gasteiger partial charge in [-0.2, -0.15) is 8.42 Å². The van der Waals surface area contributed by atoms with Crippen LogP contribution in [0.5, 0.6) is 5.75 Å². The summed E-state index contributed by atoms with van der Waals surface area (Å²) in [5.41, 5.74) is 0.932. The summed E-state index contributed by atoms with van der Waals surface area (Å²) in [6, 6.07) is 6.91. The quantitative estimate of drug-likeness (QED) is 0.715. The molecule has 0 N–H and O–H groups in total. The molecule has 130 valence electrons. The zero-order chi connectivity index (χ0) is 17.8. The maximum Gasteiger partial charge on any atom is 0.311 e. The fourth-order valence-electron chi connectivity index (χ4n) is 1.92. The smallest absolute Gasteiger partial charge is 0.311 e. The molecule has 23 heavy (non-hydrogen) atoms. The van der Waals surface area contributed by atoms with Gasteiger partial charge in [-0.25, -0.2) is 0 Å². The highest BCUT2D eigenvalue weighted by atomic mass is 32.2. The molecule has 0 aliphatic carbocycles. The van der Waals surface area contributed by atoms with E-state index in [0.717, 1.165) is 5.56 Å². The molecule has 0 fully saturated rings. The Labute approximate surface area is 139 Å². The van der Waals surface area contributed by atoms with E-state index in [0.29, 0.717) is 6.54 Å². The highest BCUT2D eigenvalue weighted by Gasteiger charge is 2.21. The van der Waals surface area contributed by atoms with Crippen molar-refractivity contribution >= 4 is 16.0 Å². The summed E-state index contributed by atoms with van der Waals surface area (Å²) in [6.07, 6.45) is 0. The molecule has 1 aromatic rings. The second-order valence-electron chi connectivity index (χ2n) is 6.48. The van der Waals surface area contributed by atoms with Gasteiger partial charge in [-0.1, -0.05) is 26.0 Å². The van der Waals surface area contributed by atoms with E-state index < -0.39 is 15.4 Å². The van der Waals surface area contributed by atoms with E-state index in [2.05, 4.69) is 0 Å². The molecule has 0 aliphatic rings. The van der Waals surface area contributed by atoms with Crippen LogP contribution < -0.4 is 4.18 Å². The lowest BCUT2D eigenvalue weighted by Gasteiger charge is -2.28. The second kappa shape index (κ2) is 7.81. The van der Waals surface area contributed by atoms with Crippen molar-refractivity contribution in [3.63, 3.8) is 0 Å². The first-order valence-corrected chi connectivity index (χ1v) is 9.34. The second-order valence-corrected chi connectivity index (χ2v) is 8.58. The Balaban J connectivity index is 2.86. The van der Waals surface area contributed by atoms with E-state index in [4.69, 9.17) is 4.18 Å². The van der Waals surface area contributed by atoms with Gasteiger partial charge in [-0.3, -0.25) is 4.79 Å². The first kappa shape index (κ1) is 19.5. The molecule has 0 atom stereocenters. The fraction of sp³-hybridized carbons (Fsp3) is 0.588. The van der Waals surface area contributed by atoms with Crippen molar-refractivity contribution in [3.05, 3.63) is 29.8 Å². The van der Waals surface area contributed by atoms with Gasteiger partial charge >= 0.3 is 10.1 Å². The lowest BCUT2D eigenvalue weighted by Crippen LogP contribution is -2.38. The molecule has 1 aromatic carbocycles. The molecule has 0 saturated carbocycles. The summed E-state index contributed by atoms with van der Waals surface area (Å²) in [5, 5.41) is -0.595. The van der Waals surface area contributed by atoms with Gasteiger partial charge in [-0.15, -0.1) is 0 Å². The van der Waals surface area contributed by atoms with Crippen molar-refractivity contribution in [2.75, 3.05) is 0 Å². The predicted octanol–water partition coefficient (Wildman–Crippen LogP) is 3.20. The molecular formula is C17H27NO4S. The van der Waals surface area contributed by atoms with Gasteiger partial charge in [0, 0.05) is 18.5 Å². The molecule has 1 rings (SSSR count). The van der Waals surface area contributed by atoms with Crippen LogP contribution in [0.3, 0.4) is 0 Å². The third-order valence-electron chi connectivity index (χ3n) is 3.47. The van der Waals surface area contributed by atoms with Crippen LogP contribution in [0.25, 0.3) is 0 Å². The van der Waals surface area contributed by atoms with Gasteiger partial charge in [0.25, 0.3) is 0 Å². The molecule has 0 aliphatic heterocycles. The van der Waals surface area contributed by atoms with Gasteiger partial charge in [0.15, 0.2) is 0 Å². The summed E-state index contributed by atoms with van der Waals surface area (Å²) in [5.74, 6) is 0.327. The van der Waals surface area contributed by atoms with Crippen molar-refractivity contribution in [2.45, 2.75) is 59.4 Å². The highest BCUT2D eigenvalue weighted by molar-refractivity contribution is 7.87. The lowest BCUT2D eigenvalue weighted by molar-refractivity contribution is -0.136. The van der Waals surface area contributed by atoms with Crippen molar-refractivity contribution < 1.29 is 17.4 Å². The Hall–Kier alpha value is -1.56. The first-order valence-electron chi connectivity index (χ1n) is 7.87. The molecule has 0 heterocycles. The maximum atomic E-state index is 12.2. The number of carbonyl (C=O) groups is 1. The van der Waals surface area contributed by atoms with Crippen LogP contribution in [-0.4, -0.2) is 30.5 Å². The summed E-state index contributed by atoms with van der Waals surface area (Å²) >= 11 is 0. The summed E-state index contributed by atoms with van der Waals surface area (Å²) in [6.45, 7) is 11.4. The molecule has 1 amide bonds. The zero-order valence-corrected chi connectivity index (χ0v) is 15.6. The van der Waals surface area contributed by atoms with E-state index in [1.807, 2.05) is 32.6 Å². The predicted molar refractivity (Wildman–Crippen MR) is 91.6 cm³/mol. The van der Waals surface area contributed by atoms with E-state index in [1.54, 1.807) is 38.1 Å². The minimum Gasteiger partial charge on any atom is -0.382 e. The lowest BCUT2D eigenvalue weighted by atomic mass is 10.1. The van der Waals surface area contributed by atoms with Crippen molar-refractivity contribution in [1.29, 1.82) is 0 Å². The van der Waals surface area contributed by atoms with Crippen LogP contribution in [-0.2, 0) is 21.5 Å². The molecular weight excluding hydrogens is 314 g/mol. The number of hydrogen-bond acceptors (Lipinski definition) is 4. The number of carbonyl (C=O) groups excluding carboxylic acids is 1. The number of benzene rings is 1. The van der Waals surface area contributed by atoms with Gasteiger partial charge < -0.3 is 9.08 Å². The number of rotatable bonds is 7. The van der Waals surface area contributed by atoms with E-state index in [9.17, 15) is 13.2 Å². The molecule has 0 saturated heterocycles. The largest absolute Gasteiger partial charge is 0.382 e. The fourth-order valence-corrected chi connectivity index (χ4v) is 2.50. The minimum absolute atomic E-state index is 0.0591. The number of hydrogen-bond donors (Lipinski definition) is 0. The normalized spacial score (nSPS) is 12.0. The van der Waals surface area contributed by atoms with E-state index in [-0.39, 0.29) is 23.6 Å². The van der Waals surface area contributed by atoms with Gasteiger partial charge in [0.2, 0.25) is 5.91 Å². The third kappa shape index (κ3) is 5.53. The number of nitrogens with zero attached hydrogens (tertiary/aromatic N) is 1. The average molecular weight is 341 g/mol. The van der Waals surface area contributed by atoms with Crippen LogP contribution in [0.15, 0.2) is 24.3 Å². The topological polar surface area (TPSA) is 63.7 Å². The molecule has 0 unspecified atom stereocenters. The Morgan fingerprint density at radius 1 is 1.04 bits per heavy atom. The van der Waals surface area contributed by atoms with Crippen molar-refractivity contribution in [1.82, 2.24) is 4.90 Å².